The number of methoxy groups -OCH3 is 1. The van der Waals surface area contributed by atoms with Crippen LogP contribution in [0.2, 0.25) is 0 Å². The number of nitrogens with zero attached hydrogens (tertiary/aromatic N) is 2. The van der Waals surface area contributed by atoms with Crippen molar-refractivity contribution in [2.45, 2.75) is 51.9 Å². The molecule has 3 aromatic rings. The third-order valence-electron chi connectivity index (χ3n) is 7.30. The molecule has 1 aliphatic rings. The van der Waals surface area contributed by atoms with E-state index >= 15 is 0 Å². The zero-order chi connectivity index (χ0) is 33.2. The molecule has 3 amide bonds. The van der Waals surface area contributed by atoms with Gasteiger partial charge in [0, 0.05) is 12.6 Å². The summed E-state index contributed by atoms with van der Waals surface area (Å²) >= 11 is 0. The number of hydrogen-bond acceptors (Lipinski definition) is 8. The lowest BCUT2D eigenvalue weighted by Crippen LogP contribution is -2.55. The molecule has 45 heavy (non-hydrogen) atoms. The van der Waals surface area contributed by atoms with Crippen LogP contribution in [0.1, 0.15) is 54.0 Å². The minimum atomic E-state index is -1.28. The molecule has 3 N–H and O–H groups in total. The normalized spacial score (nSPS) is 15.3. The van der Waals surface area contributed by atoms with Crippen molar-refractivity contribution >= 4 is 46.3 Å². The molecule has 0 fully saturated rings. The van der Waals surface area contributed by atoms with Gasteiger partial charge in [-0.1, -0.05) is 18.2 Å². The zero-order valence-corrected chi connectivity index (χ0v) is 25.7. The second kappa shape index (κ2) is 12.7. The smallest absolute Gasteiger partial charge is 0.410 e. The van der Waals surface area contributed by atoms with Crippen molar-refractivity contribution in [3.63, 3.8) is 0 Å². The van der Waals surface area contributed by atoms with E-state index in [-0.39, 0.29) is 29.1 Å². The number of carboxylic acid groups (broad SMARTS) is 2. The molecule has 0 radical (unpaired) electrons. The molecule has 13 nitrogen and oxygen atoms in total. The van der Waals surface area contributed by atoms with Crippen LogP contribution in [-0.4, -0.2) is 83.4 Å². The molecule has 0 bridgehead atoms. The lowest BCUT2D eigenvalue weighted by Gasteiger charge is -2.30. The molecule has 0 unspecified atom stereocenters. The van der Waals surface area contributed by atoms with Gasteiger partial charge in [0.25, 0.3) is 5.91 Å². The highest BCUT2D eigenvalue weighted by Gasteiger charge is 2.37. The summed E-state index contributed by atoms with van der Waals surface area (Å²) in [6.45, 7) is 6.01. The number of anilines is 1. The van der Waals surface area contributed by atoms with Crippen LogP contribution < -0.4 is 19.7 Å². The highest BCUT2D eigenvalue weighted by Crippen LogP contribution is 2.38. The van der Waals surface area contributed by atoms with Gasteiger partial charge in [-0.15, -0.1) is 0 Å². The first kappa shape index (κ1) is 32.6. The van der Waals surface area contributed by atoms with Crippen molar-refractivity contribution < 1.29 is 48.4 Å². The summed E-state index contributed by atoms with van der Waals surface area (Å²) in [5.74, 6) is -3.33. The van der Waals surface area contributed by atoms with Crippen molar-refractivity contribution in [2.75, 3.05) is 25.7 Å². The van der Waals surface area contributed by atoms with Gasteiger partial charge in [0.15, 0.2) is 5.75 Å². The fraction of sp³-hybridized carbons (Fsp3) is 0.344. The number of hydrogen-bond donors (Lipinski definition) is 3. The number of benzene rings is 3. The first-order valence-corrected chi connectivity index (χ1v) is 14.0. The van der Waals surface area contributed by atoms with E-state index in [0.717, 1.165) is 4.90 Å². The van der Waals surface area contributed by atoms with Crippen LogP contribution in [0.15, 0.2) is 48.5 Å². The lowest BCUT2D eigenvalue weighted by atomic mass is 10.00. The van der Waals surface area contributed by atoms with Crippen LogP contribution in [-0.2, 0) is 20.9 Å². The number of nitrogens with one attached hydrogen (secondary N) is 1. The topological polar surface area (TPSA) is 172 Å². The zero-order valence-electron chi connectivity index (χ0n) is 25.7. The molecule has 0 aliphatic carbocycles. The monoisotopic (exact) mass is 621 g/mol. The SMILES string of the molecule is COc1ccc2cc(C(=O)O)ccc2c1CN1C(=O)[C@@H](NC(=O)[C@H](C)N(C)C(=O)OC(C)(C)C)COc2c(C(=O)O)cccc21. The van der Waals surface area contributed by atoms with E-state index in [1.165, 1.54) is 56.3 Å². The maximum Gasteiger partial charge on any atom is 0.410 e. The number of amides is 3. The van der Waals surface area contributed by atoms with Gasteiger partial charge in [-0.05, 0) is 68.8 Å². The van der Waals surface area contributed by atoms with Crippen molar-refractivity contribution in [1.82, 2.24) is 10.2 Å². The van der Waals surface area contributed by atoms with Gasteiger partial charge in [0.2, 0.25) is 5.91 Å². The Balaban J connectivity index is 1.75. The van der Waals surface area contributed by atoms with E-state index in [9.17, 15) is 34.2 Å². The second-order valence-corrected chi connectivity index (χ2v) is 11.5. The number of ether oxygens (including phenoxy) is 3. The average molecular weight is 622 g/mol. The van der Waals surface area contributed by atoms with Gasteiger partial charge < -0.3 is 34.6 Å². The Morgan fingerprint density at radius 3 is 2.42 bits per heavy atom. The fourth-order valence-corrected chi connectivity index (χ4v) is 4.85. The molecule has 0 aromatic heterocycles. The van der Waals surface area contributed by atoms with Gasteiger partial charge in [-0.2, -0.15) is 0 Å². The van der Waals surface area contributed by atoms with Crippen molar-refractivity contribution in [3.05, 3.63) is 65.2 Å². The number of likely N-dealkylation sites (N-methyl/N-ethyl adjacent to an activating group) is 1. The molecular formula is C32H35N3O10. The summed E-state index contributed by atoms with van der Waals surface area (Å²) in [5, 5.41) is 23.2. The Labute approximate surface area is 259 Å². The molecule has 0 spiro atoms. The molecule has 1 aliphatic heterocycles. The van der Waals surface area contributed by atoms with Crippen molar-refractivity contribution in [2.24, 2.45) is 0 Å². The molecule has 0 saturated heterocycles. The number of aromatic carboxylic acids is 2. The Hall–Kier alpha value is -5.33. The first-order chi connectivity index (χ1) is 21.1. The molecule has 0 saturated carbocycles. The van der Waals surface area contributed by atoms with Gasteiger partial charge >= 0.3 is 18.0 Å². The Bertz CT molecular complexity index is 1680. The van der Waals surface area contributed by atoms with Gasteiger partial charge in [0.05, 0.1) is 24.9 Å². The maximum atomic E-state index is 14.2. The average Bonchev–Trinajstić information content (AvgIpc) is 3.11. The third kappa shape index (κ3) is 6.92. The van der Waals surface area contributed by atoms with E-state index in [0.29, 0.717) is 22.1 Å². The second-order valence-electron chi connectivity index (χ2n) is 11.5. The lowest BCUT2D eigenvalue weighted by molar-refractivity contribution is -0.130. The number of carbonyl (C=O) groups excluding carboxylic acids is 3. The quantitative estimate of drug-likeness (QED) is 0.335. The summed E-state index contributed by atoms with van der Waals surface area (Å²) in [6.07, 6.45) is -0.733. The Morgan fingerprint density at radius 2 is 1.80 bits per heavy atom. The number of fused-ring (bicyclic) bond motifs is 2. The predicted molar refractivity (Wildman–Crippen MR) is 163 cm³/mol. The van der Waals surface area contributed by atoms with Crippen LogP contribution in [0.4, 0.5) is 10.5 Å². The van der Waals surface area contributed by atoms with Crippen LogP contribution in [0, 0.1) is 0 Å². The highest BCUT2D eigenvalue weighted by molar-refractivity contribution is 6.05. The van der Waals surface area contributed by atoms with E-state index in [1.807, 2.05) is 0 Å². The van der Waals surface area contributed by atoms with Crippen LogP contribution in [0.5, 0.6) is 11.5 Å². The van der Waals surface area contributed by atoms with Gasteiger partial charge in [-0.3, -0.25) is 14.5 Å². The first-order valence-electron chi connectivity index (χ1n) is 14.0. The standard InChI is InChI=1S/C32H35N3O10/c1-17(34(5)31(42)45-32(2,3)4)27(36)33-23-16-44-26-21(30(40)41)8-7-9-24(26)35(28(23)37)15-22-20-12-10-19(29(38)39)14-18(20)11-13-25(22)43-6/h7-14,17,23H,15-16H2,1-6H3,(H,33,36)(H,38,39)(H,40,41)/t17-,23-/m0/s1. The van der Waals surface area contributed by atoms with Crippen LogP contribution >= 0.6 is 0 Å². The largest absolute Gasteiger partial charge is 0.496 e. The summed E-state index contributed by atoms with van der Waals surface area (Å²) in [7, 11) is 2.85. The van der Waals surface area contributed by atoms with Crippen molar-refractivity contribution in [3.8, 4) is 11.5 Å². The molecule has 4 rings (SSSR count). The number of carbonyl (C=O) groups is 5. The molecule has 2 atom stereocenters. The van der Waals surface area contributed by atoms with E-state index < -0.39 is 54.1 Å². The number of rotatable bonds is 8. The van der Waals surface area contributed by atoms with Crippen LogP contribution in [0.25, 0.3) is 10.8 Å². The number of para-hydroxylation sites is 1. The molecule has 238 valence electrons. The van der Waals surface area contributed by atoms with E-state index in [4.69, 9.17) is 14.2 Å². The fourth-order valence-electron chi connectivity index (χ4n) is 4.85. The van der Waals surface area contributed by atoms with Gasteiger partial charge in [-0.25, -0.2) is 14.4 Å². The summed E-state index contributed by atoms with van der Waals surface area (Å²) in [6, 6.07) is 9.90. The Kier molecular flexibility index (Phi) is 9.21. The minimum absolute atomic E-state index is 0.0682. The Morgan fingerprint density at radius 1 is 1.09 bits per heavy atom. The summed E-state index contributed by atoms with van der Waals surface area (Å²) in [5.41, 5.74) is -0.249. The number of carboxylic acids is 2. The van der Waals surface area contributed by atoms with Crippen molar-refractivity contribution in [1.29, 1.82) is 0 Å². The predicted octanol–water partition coefficient (Wildman–Crippen LogP) is 3.91. The highest BCUT2D eigenvalue weighted by atomic mass is 16.6. The van der Waals surface area contributed by atoms with Crippen LogP contribution in [0.3, 0.4) is 0 Å². The molecule has 13 heteroatoms. The third-order valence-corrected chi connectivity index (χ3v) is 7.30. The minimum Gasteiger partial charge on any atom is -0.496 e. The van der Waals surface area contributed by atoms with Gasteiger partial charge in [0.1, 0.15) is 35.6 Å². The maximum absolute atomic E-state index is 14.2. The summed E-state index contributed by atoms with van der Waals surface area (Å²) < 4.78 is 16.8. The molecule has 1 heterocycles. The summed E-state index contributed by atoms with van der Waals surface area (Å²) in [4.78, 5) is 66.2. The van der Waals surface area contributed by atoms with E-state index in [1.54, 1.807) is 39.0 Å². The molecule has 3 aromatic carbocycles. The molecular weight excluding hydrogens is 586 g/mol. The van der Waals surface area contributed by atoms with E-state index in [2.05, 4.69) is 5.32 Å².